The Morgan fingerprint density at radius 2 is 2.17 bits per heavy atom. The smallest absolute Gasteiger partial charge is 0.334 e. The molecular weight excluding hydrogens is 310 g/mol. The number of carbonyl (C=O) groups is 2. The van der Waals surface area contributed by atoms with Gasteiger partial charge < -0.3 is 20.1 Å². The molecule has 0 spiro atoms. The van der Waals surface area contributed by atoms with Gasteiger partial charge in [-0.1, -0.05) is 18.2 Å². The standard InChI is InChI=1S/C17H21N3O4/c1-4-18-16(23)20-13(15(22)24-17(20,2)3)14(21)11-9-19-12-8-6-5-7-10(11)12/h5-9,13-14,19,21H,4H2,1-3H3,(H,18,23)/t13-,14?/m1/s1. The highest BCUT2D eigenvalue weighted by molar-refractivity contribution is 5.90. The zero-order chi connectivity index (χ0) is 17.5. The van der Waals surface area contributed by atoms with E-state index in [1.807, 2.05) is 24.3 Å². The average molecular weight is 331 g/mol. The summed E-state index contributed by atoms with van der Waals surface area (Å²) >= 11 is 0. The molecule has 3 N–H and O–H groups in total. The molecule has 1 aliphatic rings. The Bertz CT molecular complexity index is 783. The van der Waals surface area contributed by atoms with Gasteiger partial charge in [0, 0.05) is 29.2 Å². The molecule has 7 heteroatoms. The van der Waals surface area contributed by atoms with Crippen molar-refractivity contribution in [2.45, 2.75) is 38.6 Å². The number of rotatable bonds is 3. The van der Waals surface area contributed by atoms with Gasteiger partial charge >= 0.3 is 12.0 Å². The number of H-pyrrole nitrogens is 1. The average Bonchev–Trinajstić information content (AvgIpc) is 3.04. The number of carbonyl (C=O) groups excluding carboxylic acids is 2. The predicted molar refractivity (Wildman–Crippen MR) is 88.1 cm³/mol. The van der Waals surface area contributed by atoms with Crippen molar-refractivity contribution in [3.8, 4) is 0 Å². The third kappa shape index (κ3) is 2.50. The van der Waals surface area contributed by atoms with Gasteiger partial charge in [-0.05, 0) is 26.8 Å². The second-order valence-electron chi connectivity index (χ2n) is 6.25. The van der Waals surface area contributed by atoms with Crippen molar-refractivity contribution in [2.24, 2.45) is 0 Å². The number of nitrogens with one attached hydrogen (secondary N) is 2. The number of amides is 2. The van der Waals surface area contributed by atoms with Crippen LogP contribution in [0, 0.1) is 0 Å². The number of hydrogen-bond donors (Lipinski definition) is 3. The number of cyclic esters (lactones) is 1. The van der Waals surface area contributed by atoms with E-state index in [4.69, 9.17) is 4.74 Å². The van der Waals surface area contributed by atoms with Gasteiger partial charge in [-0.15, -0.1) is 0 Å². The molecule has 1 aliphatic heterocycles. The van der Waals surface area contributed by atoms with Crippen LogP contribution in [0.2, 0.25) is 0 Å². The maximum atomic E-state index is 12.4. The largest absolute Gasteiger partial charge is 0.438 e. The lowest BCUT2D eigenvalue weighted by Gasteiger charge is -2.33. The number of fused-ring (bicyclic) bond motifs is 1. The molecule has 1 aromatic heterocycles. The van der Waals surface area contributed by atoms with Crippen LogP contribution >= 0.6 is 0 Å². The number of aliphatic hydroxyl groups is 1. The minimum absolute atomic E-state index is 0.412. The zero-order valence-corrected chi connectivity index (χ0v) is 13.9. The minimum Gasteiger partial charge on any atom is -0.438 e. The van der Waals surface area contributed by atoms with E-state index in [0.29, 0.717) is 12.1 Å². The fourth-order valence-corrected chi connectivity index (χ4v) is 3.18. The van der Waals surface area contributed by atoms with Crippen molar-refractivity contribution in [1.82, 2.24) is 15.2 Å². The van der Waals surface area contributed by atoms with Crippen molar-refractivity contribution >= 4 is 22.9 Å². The van der Waals surface area contributed by atoms with E-state index >= 15 is 0 Å². The Morgan fingerprint density at radius 3 is 2.88 bits per heavy atom. The van der Waals surface area contributed by atoms with Gasteiger partial charge in [0.25, 0.3) is 0 Å². The third-order valence-electron chi connectivity index (χ3n) is 4.24. The van der Waals surface area contributed by atoms with Crippen molar-refractivity contribution < 1.29 is 19.4 Å². The summed E-state index contributed by atoms with van der Waals surface area (Å²) in [6.07, 6.45) is 0.460. The summed E-state index contributed by atoms with van der Waals surface area (Å²) in [5.74, 6) is -0.621. The van der Waals surface area contributed by atoms with E-state index in [0.717, 1.165) is 10.9 Å². The quantitative estimate of drug-likeness (QED) is 0.749. The van der Waals surface area contributed by atoms with Gasteiger partial charge in [0.15, 0.2) is 11.8 Å². The van der Waals surface area contributed by atoms with Crippen molar-refractivity contribution in [2.75, 3.05) is 6.54 Å². The topological polar surface area (TPSA) is 94.7 Å². The Hall–Kier alpha value is -2.54. The van der Waals surface area contributed by atoms with Crippen LogP contribution < -0.4 is 5.32 Å². The van der Waals surface area contributed by atoms with Gasteiger partial charge in [-0.3, -0.25) is 4.90 Å². The summed E-state index contributed by atoms with van der Waals surface area (Å²) in [6, 6.07) is 5.91. The lowest BCUT2D eigenvalue weighted by atomic mass is 10.0. The van der Waals surface area contributed by atoms with Crippen molar-refractivity contribution in [3.05, 3.63) is 36.0 Å². The lowest BCUT2D eigenvalue weighted by Crippen LogP contribution is -2.54. The summed E-state index contributed by atoms with van der Waals surface area (Å²) < 4.78 is 5.33. The van der Waals surface area contributed by atoms with Crippen LogP contribution in [0.1, 0.15) is 32.4 Å². The van der Waals surface area contributed by atoms with Crippen LogP contribution in [0.4, 0.5) is 4.79 Å². The molecule has 0 aliphatic carbocycles. The summed E-state index contributed by atoms with van der Waals surface area (Å²) in [7, 11) is 0. The van der Waals surface area contributed by atoms with Gasteiger partial charge in [-0.2, -0.15) is 0 Å². The Balaban J connectivity index is 2.01. The molecule has 0 radical (unpaired) electrons. The summed E-state index contributed by atoms with van der Waals surface area (Å²) in [6.45, 7) is 5.45. The molecule has 7 nitrogen and oxygen atoms in total. The van der Waals surface area contributed by atoms with Gasteiger partial charge in [0.2, 0.25) is 0 Å². The molecule has 3 rings (SSSR count). The zero-order valence-electron chi connectivity index (χ0n) is 13.9. The van der Waals surface area contributed by atoms with E-state index in [-0.39, 0.29) is 0 Å². The van der Waals surface area contributed by atoms with E-state index < -0.39 is 29.9 Å². The normalized spacial score (nSPS) is 20.9. The SMILES string of the molecule is CCNC(=O)N1[C@H](C(O)c2c[nH]c3ccccc23)C(=O)OC1(C)C. The maximum absolute atomic E-state index is 12.4. The fraction of sp³-hybridized carbons (Fsp3) is 0.412. The second kappa shape index (κ2) is 5.83. The van der Waals surface area contributed by atoms with Crippen LogP contribution in [-0.2, 0) is 9.53 Å². The first-order valence-corrected chi connectivity index (χ1v) is 7.91. The first-order valence-electron chi connectivity index (χ1n) is 7.91. The number of nitrogens with zero attached hydrogens (tertiary/aromatic N) is 1. The molecule has 2 atom stereocenters. The molecule has 24 heavy (non-hydrogen) atoms. The van der Waals surface area contributed by atoms with E-state index in [9.17, 15) is 14.7 Å². The van der Waals surface area contributed by atoms with Crippen LogP contribution in [0.15, 0.2) is 30.5 Å². The molecule has 1 saturated heterocycles. The monoisotopic (exact) mass is 331 g/mol. The Kier molecular flexibility index (Phi) is 3.96. The number of hydrogen-bond acceptors (Lipinski definition) is 4. The number of para-hydroxylation sites is 1. The van der Waals surface area contributed by atoms with Crippen LogP contribution in [0.3, 0.4) is 0 Å². The highest BCUT2D eigenvalue weighted by atomic mass is 16.6. The molecule has 1 unspecified atom stereocenters. The van der Waals surface area contributed by atoms with Crippen molar-refractivity contribution in [3.63, 3.8) is 0 Å². The van der Waals surface area contributed by atoms with Crippen LogP contribution in [0.5, 0.6) is 0 Å². The Labute approximate surface area is 139 Å². The molecule has 128 valence electrons. The Morgan fingerprint density at radius 1 is 1.46 bits per heavy atom. The number of ether oxygens (including phenoxy) is 1. The molecule has 0 saturated carbocycles. The first-order chi connectivity index (χ1) is 11.4. The number of aromatic nitrogens is 1. The second-order valence-corrected chi connectivity index (χ2v) is 6.25. The summed E-state index contributed by atoms with van der Waals surface area (Å²) in [5.41, 5.74) is 0.273. The highest BCUT2D eigenvalue weighted by Gasteiger charge is 2.53. The molecule has 2 heterocycles. The minimum atomic E-state index is -1.20. The highest BCUT2D eigenvalue weighted by Crippen LogP contribution is 2.37. The van der Waals surface area contributed by atoms with Crippen LogP contribution in [-0.4, -0.2) is 45.3 Å². The fourth-order valence-electron chi connectivity index (χ4n) is 3.18. The maximum Gasteiger partial charge on any atom is 0.334 e. The van der Waals surface area contributed by atoms with E-state index in [2.05, 4.69) is 10.3 Å². The van der Waals surface area contributed by atoms with E-state index in [1.165, 1.54) is 4.90 Å². The van der Waals surface area contributed by atoms with Gasteiger partial charge in [0.05, 0.1) is 0 Å². The number of benzene rings is 1. The van der Waals surface area contributed by atoms with Gasteiger partial charge in [0.1, 0.15) is 6.10 Å². The molecule has 0 bridgehead atoms. The van der Waals surface area contributed by atoms with Crippen molar-refractivity contribution in [1.29, 1.82) is 0 Å². The van der Waals surface area contributed by atoms with Crippen LogP contribution in [0.25, 0.3) is 10.9 Å². The first kappa shape index (κ1) is 16.3. The van der Waals surface area contributed by atoms with E-state index in [1.54, 1.807) is 27.0 Å². The third-order valence-corrected chi connectivity index (χ3v) is 4.24. The molecule has 1 fully saturated rings. The molecule has 1 aromatic carbocycles. The molecular formula is C17H21N3O4. The lowest BCUT2D eigenvalue weighted by molar-refractivity contribution is -0.149. The molecule has 2 amide bonds. The molecule has 2 aromatic rings. The number of aliphatic hydroxyl groups excluding tert-OH is 1. The number of esters is 1. The van der Waals surface area contributed by atoms with Gasteiger partial charge in [-0.25, -0.2) is 9.59 Å². The number of aromatic amines is 1. The number of urea groups is 1. The predicted octanol–water partition coefficient (Wildman–Crippen LogP) is 1.89. The summed E-state index contributed by atoms with van der Waals surface area (Å²) in [5, 5.41) is 14.3. The summed E-state index contributed by atoms with van der Waals surface area (Å²) in [4.78, 5) is 29.1.